The van der Waals surface area contributed by atoms with Gasteiger partial charge >= 0.3 is 6.18 Å². The van der Waals surface area contributed by atoms with Crippen LogP contribution < -0.4 is 10.1 Å². The minimum atomic E-state index is -4.83. The second kappa shape index (κ2) is 9.18. The first-order valence-corrected chi connectivity index (χ1v) is 9.87. The number of nitrogens with zero attached hydrogens (tertiary/aromatic N) is 2. The summed E-state index contributed by atoms with van der Waals surface area (Å²) in [4.78, 5) is 20.6. The predicted octanol–water partition coefficient (Wildman–Crippen LogP) is 3.99. The van der Waals surface area contributed by atoms with Crippen molar-refractivity contribution in [3.8, 4) is 5.88 Å². The number of hydrogen-bond donors (Lipinski definition) is 2. The SMILES string of the molecule is COc1nc(C(F)F)ccc1[C@H]1[C@H](C(=O)Nc2ccc(CO)nc2)O[C@@](C)(C(F)(F)F)[C@H]1C. The van der Waals surface area contributed by atoms with Crippen LogP contribution in [0.3, 0.4) is 0 Å². The van der Waals surface area contributed by atoms with E-state index in [-0.39, 0.29) is 23.7 Å². The van der Waals surface area contributed by atoms with Crippen molar-refractivity contribution in [2.75, 3.05) is 12.4 Å². The van der Waals surface area contributed by atoms with Gasteiger partial charge in [-0.05, 0) is 25.1 Å². The molecule has 0 bridgehead atoms. The number of pyridine rings is 2. The molecule has 0 unspecified atom stereocenters. The van der Waals surface area contributed by atoms with Gasteiger partial charge in [0.05, 0.1) is 31.3 Å². The topological polar surface area (TPSA) is 93.6 Å². The van der Waals surface area contributed by atoms with Crippen molar-refractivity contribution < 1.29 is 41.3 Å². The van der Waals surface area contributed by atoms with Crippen LogP contribution >= 0.6 is 0 Å². The summed E-state index contributed by atoms with van der Waals surface area (Å²) in [6.45, 7) is 1.78. The molecule has 3 heterocycles. The van der Waals surface area contributed by atoms with Gasteiger partial charge in [0.2, 0.25) is 5.88 Å². The van der Waals surface area contributed by atoms with Gasteiger partial charge in [0.15, 0.2) is 5.60 Å². The third-order valence-corrected chi connectivity index (χ3v) is 5.87. The zero-order valence-electron chi connectivity index (χ0n) is 17.9. The quantitative estimate of drug-likeness (QED) is 0.614. The van der Waals surface area contributed by atoms with Crippen LogP contribution in [0, 0.1) is 5.92 Å². The lowest BCUT2D eigenvalue weighted by Crippen LogP contribution is -2.47. The van der Waals surface area contributed by atoms with Crippen molar-refractivity contribution in [1.29, 1.82) is 0 Å². The number of hydrogen-bond acceptors (Lipinski definition) is 6. The number of amides is 1. The third-order valence-electron chi connectivity index (χ3n) is 5.87. The Kier molecular flexibility index (Phi) is 6.89. The highest BCUT2D eigenvalue weighted by Crippen LogP contribution is 2.54. The van der Waals surface area contributed by atoms with Gasteiger partial charge in [-0.15, -0.1) is 0 Å². The van der Waals surface area contributed by atoms with E-state index in [9.17, 15) is 26.7 Å². The number of nitrogens with one attached hydrogen (secondary N) is 1. The van der Waals surface area contributed by atoms with Crippen molar-refractivity contribution in [2.24, 2.45) is 5.92 Å². The van der Waals surface area contributed by atoms with Gasteiger partial charge in [-0.3, -0.25) is 9.78 Å². The van der Waals surface area contributed by atoms with Gasteiger partial charge in [-0.2, -0.15) is 13.2 Å². The standard InChI is InChI=1S/C21H22F5N3O4/c1-10-15(13-6-7-14(17(22)23)29-19(13)32-3)16(33-20(10,2)21(24,25)26)18(31)28-11-4-5-12(9-30)27-8-11/h4-8,10,15-17,30H,9H2,1-3H3,(H,28,31)/t10-,15-,16+,20+/m0/s1. The summed E-state index contributed by atoms with van der Waals surface area (Å²) in [6.07, 6.45) is -8.15. The second-order valence-electron chi connectivity index (χ2n) is 7.78. The molecule has 4 atom stereocenters. The molecule has 0 aliphatic carbocycles. The molecule has 0 spiro atoms. The molecule has 2 aromatic heterocycles. The van der Waals surface area contributed by atoms with Crippen LogP contribution in [0.25, 0.3) is 0 Å². The number of rotatable bonds is 6. The lowest BCUT2D eigenvalue weighted by Gasteiger charge is -2.31. The van der Waals surface area contributed by atoms with Crippen LogP contribution in [0.1, 0.15) is 43.1 Å². The first kappa shape index (κ1) is 24.8. The predicted molar refractivity (Wildman–Crippen MR) is 106 cm³/mol. The van der Waals surface area contributed by atoms with Crippen LogP contribution in [0.15, 0.2) is 30.5 Å². The van der Waals surface area contributed by atoms with Gasteiger partial charge in [0, 0.05) is 17.4 Å². The first-order valence-electron chi connectivity index (χ1n) is 9.87. The van der Waals surface area contributed by atoms with Crippen molar-refractivity contribution in [2.45, 2.75) is 50.7 Å². The van der Waals surface area contributed by atoms with E-state index < -0.39 is 47.7 Å². The molecule has 1 amide bonds. The molecule has 3 rings (SSSR count). The van der Waals surface area contributed by atoms with E-state index in [2.05, 4.69) is 15.3 Å². The maximum atomic E-state index is 13.9. The molecule has 180 valence electrons. The highest BCUT2D eigenvalue weighted by molar-refractivity contribution is 5.95. The number of aliphatic hydroxyl groups excluding tert-OH is 1. The van der Waals surface area contributed by atoms with Gasteiger partial charge in [-0.1, -0.05) is 13.0 Å². The van der Waals surface area contributed by atoms with E-state index in [4.69, 9.17) is 14.6 Å². The zero-order chi connectivity index (χ0) is 24.6. The Labute approximate surface area is 185 Å². The van der Waals surface area contributed by atoms with Crippen LogP contribution in [0.4, 0.5) is 27.6 Å². The van der Waals surface area contributed by atoms with E-state index in [0.717, 1.165) is 20.1 Å². The molecular formula is C21H22F5N3O4. The molecule has 1 aliphatic rings. The fourth-order valence-electron chi connectivity index (χ4n) is 3.83. The van der Waals surface area contributed by atoms with Crippen LogP contribution in [0.5, 0.6) is 5.88 Å². The van der Waals surface area contributed by atoms with E-state index in [1.54, 1.807) is 0 Å². The smallest absolute Gasteiger partial charge is 0.417 e. The average molecular weight is 475 g/mol. The molecule has 12 heteroatoms. The number of methoxy groups -OCH3 is 1. The number of aliphatic hydroxyl groups is 1. The minimum absolute atomic E-state index is 0.0382. The Bertz CT molecular complexity index is 1000. The molecule has 0 saturated carbocycles. The molecule has 2 N–H and O–H groups in total. The summed E-state index contributed by atoms with van der Waals surface area (Å²) in [5, 5.41) is 11.5. The number of aromatic nitrogens is 2. The van der Waals surface area contributed by atoms with Gasteiger partial charge in [0.1, 0.15) is 11.8 Å². The lowest BCUT2D eigenvalue weighted by atomic mass is 9.77. The highest BCUT2D eigenvalue weighted by Gasteiger charge is 2.65. The fourth-order valence-corrected chi connectivity index (χ4v) is 3.83. The Hall–Kier alpha value is -2.86. The van der Waals surface area contributed by atoms with Crippen LogP contribution in [-0.4, -0.2) is 46.0 Å². The number of carbonyl (C=O) groups excluding carboxylic acids is 1. The molecular weight excluding hydrogens is 453 g/mol. The monoisotopic (exact) mass is 475 g/mol. The normalized spacial score (nSPS) is 25.3. The van der Waals surface area contributed by atoms with E-state index in [0.29, 0.717) is 5.69 Å². The second-order valence-corrected chi connectivity index (χ2v) is 7.78. The Morgan fingerprint density at radius 1 is 1.30 bits per heavy atom. The van der Waals surface area contributed by atoms with Gasteiger partial charge < -0.3 is 19.9 Å². The van der Waals surface area contributed by atoms with Crippen molar-refractivity contribution >= 4 is 11.6 Å². The fraction of sp³-hybridized carbons (Fsp3) is 0.476. The average Bonchev–Trinajstić information content (AvgIpc) is 3.05. The molecule has 33 heavy (non-hydrogen) atoms. The Morgan fingerprint density at radius 3 is 2.52 bits per heavy atom. The zero-order valence-corrected chi connectivity index (χ0v) is 17.9. The van der Waals surface area contributed by atoms with Crippen molar-refractivity contribution in [1.82, 2.24) is 9.97 Å². The number of halogens is 5. The molecule has 7 nitrogen and oxygen atoms in total. The molecule has 1 fully saturated rings. The maximum absolute atomic E-state index is 13.9. The van der Waals surface area contributed by atoms with Crippen molar-refractivity contribution in [3.05, 3.63) is 47.4 Å². The highest BCUT2D eigenvalue weighted by atomic mass is 19.4. The number of anilines is 1. The number of carbonyl (C=O) groups is 1. The van der Waals surface area contributed by atoms with Crippen LogP contribution in [-0.2, 0) is 16.1 Å². The molecule has 2 aromatic rings. The van der Waals surface area contributed by atoms with Gasteiger partial charge in [-0.25, -0.2) is 13.8 Å². The maximum Gasteiger partial charge on any atom is 0.417 e. The summed E-state index contributed by atoms with van der Waals surface area (Å²) in [7, 11) is 1.15. The number of alkyl halides is 5. The summed E-state index contributed by atoms with van der Waals surface area (Å²) >= 11 is 0. The Balaban J connectivity index is 2.03. The summed E-state index contributed by atoms with van der Waals surface area (Å²) in [6, 6.07) is 5.01. The first-order chi connectivity index (χ1) is 15.4. The van der Waals surface area contributed by atoms with E-state index >= 15 is 0 Å². The van der Waals surface area contributed by atoms with Crippen molar-refractivity contribution in [3.63, 3.8) is 0 Å². The number of ether oxygens (including phenoxy) is 2. The summed E-state index contributed by atoms with van der Waals surface area (Å²) in [5.74, 6) is -3.71. The van der Waals surface area contributed by atoms with Crippen LogP contribution in [0.2, 0.25) is 0 Å². The van der Waals surface area contributed by atoms with E-state index in [1.165, 1.54) is 31.3 Å². The molecule has 1 aliphatic heterocycles. The largest absolute Gasteiger partial charge is 0.481 e. The Morgan fingerprint density at radius 2 is 2.00 bits per heavy atom. The van der Waals surface area contributed by atoms with E-state index in [1.807, 2.05) is 0 Å². The summed E-state index contributed by atoms with van der Waals surface area (Å²) in [5.41, 5.74) is -2.78. The lowest BCUT2D eigenvalue weighted by molar-refractivity contribution is -0.272. The van der Waals surface area contributed by atoms with Gasteiger partial charge in [0.25, 0.3) is 12.3 Å². The molecule has 1 saturated heterocycles. The third kappa shape index (κ3) is 4.62. The summed E-state index contributed by atoms with van der Waals surface area (Å²) < 4.78 is 78.4. The molecule has 0 radical (unpaired) electrons. The minimum Gasteiger partial charge on any atom is -0.481 e. The molecule has 0 aromatic carbocycles.